The Hall–Kier alpha value is -2.78. The Morgan fingerprint density at radius 2 is 1.40 bits per heavy atom. The minimum atomic E-state index is 0.388. The first-order chi connectivity index (χ1) is 12.2. The van der Waals surface area contributed by atoms with Crippen LogP contribution in [-0.4, -0.2) is 6.29 Å². The summed E-state index contributed by atoms with van der Waals surface area (Å²) < 4.78 is 11.7. The standard InChI is InChI=1S/C21H17ClO3/c22-19-9-6-17(7-10-19)15-24-20-11-8-18(13-23)12-21(20)25-14-16-4-2-1-3-5-16/h1-13H,14-15H2. The van der Waals surface area contributed by atoms with Gasteiger partial charge in [0.15, 0.2) is 11.5 Å². The van der Waals surface area contributed by atoms with E-state index in [1.165, 1.54) is 0 Å². The first kappa shape index (κ1) is 17.1. The van der Waals surface area contributed by atoms with E-state index >= 15 is 0 Å². The van der Waals surface area contributed by atoms with Crippen LogP contribution in [0.15, 0.2) is 72.8 Å². The van der Waals surface area contributed by atoms with E-state index in [1.54, 1.807) is 18.2 Å². The van der Waals surface area contributed by atoms with Crippen molar-refractivity contribution in [1.29, 1.82) is 0 Å². The van der Waals surface area contributed by atoms with Crippen LogP contribution in [0.4, 0.5) is 0 Å². The fourth-order valence-electron chi connectivity index (χ4n) is 2.31. The summed E-state index contributed by atoms with van der Waals surface area (Å²) in [7, 11) is 0. The number of hydrogen-bond acceptors (Lipinski definition) is 3. The molecule has 0 atom stereocenters. The van der Waals surface area contributed by atoms with Crippen molar-refractivity contribution in [3.63, 3.8) is 0 Å². The molecule has 0 radical (unpaired) electrons. The molecule has 0 aromatic heterocycles. The summed E-state index contributed by atoms with van der Waals surface area (Å²) in [6, 6.07) is 22.4. The van der Waals surface area contributed by atoms with E-state index in [4.69, 9.17) is 21.1 Å². The van der Waals surface area contributed by atoms with Gasteiger partial charge in [0.25, 0.3) is 0 Å². The molecule has 0 N–H and O–H groups in total. The first-order valence-electron chi connectivity index (χ1n) is 7.88. The maximum Gasteiger partial charge on any atom is 0.162 e. The second-order valence-corrected chi connectivity index (χ2v) is 5.95. The molecule has 0 fully saturated rings. The van der Waals surface area contributed by atoms with Gasteiger partial charge in [-0.15, -0.1) is 0 Å². The average molecular weight is 353 g/mol. The third-order valence-electron chi connectivity index (χ3n) is 3.65. The van der Waals surface area contributed by atoms with Crippen molar-refractivity contribution in [3.05, 3.63) is 94.5 Å². The van der Waals surface area contributed by atoms with Crippen LogP contribution in [-0.2, 0) is 13.2 Å². The van der Waals surface area contributed by atoms with Crippen LogP contribution in [0.5, 0.6) is 11.5 Å². The molecule has 0 bridgehead atoms. The predicted octanol–water partition coefficient (Wildman–Crippen LogP) is 5.31. The molecule has 0 saturated carbocycles. The van der Waals surface area contributed by atoms with E-state index in [-0.39, 0.29) is 0 Å². The first-order valence-corrected chi connectivity index (χ1v) is 8.25. The smallest absolute Gasteiger partial charge is 0.162 e. The largest absolute Gasteiger partial charge is 0.485 e. The van der Waals surface area contributed by atoms with Gasteiger partial charge in [0, 0.05) is 10.6 Å². The molecule has 0 saturated heterocycles. The van der Waals surface area contributed by atoms with Gasteiger partial charge in [-0.25, -0.2) is 0 Å². The monoisotopic (exact) mass is 352 g/mol. The van der Waals surface area contributed by atoms with E-state index in [1.807, 2.05) is 54.6 Å². The van der Waals surface area contributed by atoms with E-state index < -0.39 is 0 Å². The molecule has 3 aromatic rings. The molecule has 3 nitrogen and oxygen atoms in total. The van der Waals surface area contributed by atoms with Gasteiger partial charge in [-0.2, -0.15) is 0 Å². The van der Waals surface area contributed by atoms with Crippen molar-refractivity contribution < 1.29 is 14.3 Å². The number of aldehydes is 1. The Kier molecular flexibility index (Phi) is 5.70. The van der Waals surface area contributed by atoms with Crippen LogP contribution < -0.4 is 9.47 Å². The van der Waals surface area contributed by atoms with Crippen molar-refractivity contribution in [1.82, 2.24) is 0 Å². The van der Waals surface area contributed by atoms with Crippen molar-refractivity contribution in [2.24, 2.45) is 0 Å². The number of halogens is 1. The lowest BCUT2D eigenvalue weighted by atomic mass is 10.2. The highest BCUT2D eigenvalue weighted by Gasteiger charge is 2.08. The third kappa shape index (κ3) is 4.85. The highest BCUT2D eigenvalue weighted by Crippen LogP contribution is 2.29. The molecular weight excluding hydrogens is 336 g/mol. The number of hydrogen-bond donors (Lipinski definition) is 0. The SMILES string of the molecule is O=Cc1ccc(OCc2ccc(Cl)cc2)c(OCc2ccccc2)c1. The number of ether oxygens (including phenoxy) is 2. The van der Waals surface area contributed by atoms with E-state index in [2.05, 4.69) is 0 Å². The Labute approximate surface area is 151 Å². The summed E-state index contributed by atoms with van der Waals surface area (Å²) in [5.74, 6) is 1.14. The Balaban J connectivity index is 1.73. The fourth-order valence-corrected chi connectivity index (χ4v) is 2.43. The maximum absolute atomic E-state index is 11.0. The molecule has 0 amide bonds. The molecule has 3 rings (SSSR count). The minimum Gasteiger partial charge on any atom is -0.485 e. The second-order valence-electron chi connectivity index (χ2n) is 5.51. The molecule has 0 aliphatic rings. The summed E-state index contributed by atoms with van der Waals surface area (Å²) in [5.41, 5.74) is 2.59. The van der Waals surface area contributed by atoms with Crippen molar-refractivity contribution in [3.8, 4) is 11.5 Å². The molecule has 0 spiro atoms. The Bertz CT molecular complexity index is 830. The van der Waals surface area contributed by atoms with Gasteiger partial charge in [-0.05, 0) is 41.5 Å². The van der Waals surface area contributed by atoms with Crippen molar-refractivity contribution in [2.45, 2.75) is 13.2 Å². The summed E-state index contributed by atoms with van der Waals surface area (Å²) >= 11 is 5.89. The Morgan fingerprint density at radius 1 is 0.760 bits per heavy atom. The van der Waals surface area contributed by atoms with Crippen LogP contribution >= 0.6 is 11.6 Å². The zero-order valence-electron chi connectivity index (χ0n) is 13.5. The quantitative estimate of drug-likeness (QED) is 0.540. The number of carbonyl (C=O) groups is 1. The highest BCUT2D eigenvalue weighted by molar-refractivity contribution is 6.30. The fraction of sp³-hybridized carbons (Fsp3) is 0.0952. The molecule has 126 valence electrons. The molecule has 4 heteroatoms. The van der Waals surface area contributed by atoms with E-state index in [9.17, 15) is 4.79 Å². The van der Waals surface area contributed by atoms with Crippen LogP contribution in [0.1, 0.15) is 21.5 Å². The van der Waals surface area contributed by atoms with Gasteiger partial charge < -0.3 is 9.47 Å². The zero-order valence-corrected chi connectivity index (χ0v) is 14.3. The second kappa shape index (κ2) is 8.36. The van der Waals surface area contributed by atoms with Gasteiger partial charge >= 0.3 is 0 Å². The van der Waals surface area contributed by atoms with Crippen molar-refractivity contribution in [2.75, 3.05) is 0 Å². The number of benzene rings is 3. The Morgan fingerprint density at radius 3 is 2.08 bits per heavy atom. The maximum atomic E-state index is 11.0. The summed E-state index contributed by atoms with van der Waals surface area (Å²) in [6.07, 6.45) is 0.790. The van der Waals surface area contributed by atoms with E-state index in [0.717, 1.165) is 17.4 Å². The van der Waals surface area contributed by atoms with Crippen LogP contribution in [0.2, 0.25) is 5.02 Å². The lowest BCUT2D eigenvalue weighted by molar-refractivity contribution is 0.112. The van der Waals surface area contributed by atoms with Crippen LogP contribution in [0.3, 0.4) is 0 Å². The van der Waals surface area contributed by atoms with Crippen LogP contribution in [0, 0.1) is 0 Å². The summed E-state index contributed by atoms with van der Waals surface area (Å²) in [4.78, 5) is 11.0. The molecule has 0 aliphatic carbocycles. The lowest BCUT2D eigenvalue weighted by Crippen LogP contribution is -2.01. The van der Waals surface area contributed by atoms with Gasteiger partial charge in [0.05, 0.1) is 0 Å². The van der Waals surface area contributed by atoms with Gasteiger partial charge in [0.2, 0.25) is 0 Å². The minimum absolute atomic E-state index is 0.388. The van der Waals surface area contributed by atoms with Crippen LogP contribution in [0.25, 0.3) is 0 Å². The normalized spacial score (nSPS) is 10.3. The molecule has 0 unspecified atom stereocenters. The molecule has 25 heavy (non-hydrogen) atoms. The number of carbonyl (C=O) groups excluding carboxylic acids is 1. The molecular formula is C21H17ClO3. The average Bonchev–Trinajstić information content (AvgIpc) is 2.67. The van der Waals surface area contributed by atoms with E-state index in [0.29, 0.717) is 35.3 Å². The molecule has 0 heterocycles. The number of rotatable bonds is 7. The highest BCUT2D eigenvalue weighted by atomic mass is 35.5. The summed E-state index contributed by atoms with van der Waals surface area (Å²) in [5, 5.41) is 0.686. The van der Waals surface area contributed by atoms with Gasteiger partial charge in [0.1, 0.15) is 19.5 Å². The topological polar surface area (TPSA) is 35.5 Å². The third-order valence-corrected chi connectivity index (χ3v) is 3.90. The van der Waals surface area contributed by atoms with Crippen molar-refractivity contribution >= 4 is 17.9 Å². The predicted molar refractivity (Wildman–Crippen MR) is 98.4 cm³/mol. The zero-order chi connectivity index (χ0) is 17.5. The van der Waals surface area contributed by atoms with Gasteiger partial charge in [-0.3, -0.25) is 4.79 Å². The summed E-state index contributed by atoms with van der Waals surface area (Å²) in [6.45, 7) is 0.791. The molecule has 3 aromatic carbocycles. The lowest BCUT2D eigenvalue weighted by Gasteiger charge is -2.13. The van der Waals surface area contributed by atoms with Gasteiger partial charge in [-0.1, -0.05) is 54.1 Å². The molecule has 0 aliphatic heterocycles.